The van der Waals surface area contributed by atoms with Crippen molar-refractivity contribution in [2.45, 2.75) is 94.9 Å². The van der Waals surface area contributed by atoms with E-state index in [-0.39, 0.29) is 19.3 Å². The minimum Gasteiger partial charge on any atom is -0.473 e. The molecule has 0 aromatic carbocycles. The predicted molar refractivity (Wildman–Crippen MR) is 213 cm³/mol. The summed E-state index contributed by atoms with van der Waals surface area (Å²) in [7, 11) is 1.88. The van der Waals surface area contributed by atoms with Crippen molar-refractivity contribution in [2.75, 3.05) is 26.3 Å². The maximum atomic E-state index is 9.78. The number of aliphatic hydroxyl groups is 1. The van der Waals surface area contributed by atoms with Crippen molar-refractivity contribution >= 4 is 51.5 Å². The van der Waals surface area contributed by atoms with Crippen LogP contribution in [0.15, 0.2) is 12.3 Å². The second-order valence-corrected chi connectivity index (χ2v) is 12.1. The van der Waals surface area contributed by atoms with E-state index in [1.807, 2.05) is 110 Å². The van der Waals surface area contributed by atoms with Gasteiger partial charge in [-0.25, -0.2) is 9.13 Å². The molecule has 1 N–H and O–H groups in total. The Labute approximate surface area is 312 Å². The molecule has 0 fully saturated rings. The molecule has 5 heterocycles. The smallest absolute Gasteiger partial charge is 0.241 e. The van der Waals surface area contributed by atoms with Gasteiger partial charge in [-0.15, -0.1) is 5.10 Å². The van der Waals surface area contributed by atoms with Crippen LogP contribution in [0.5, 0.6) is 11.8 Å². The number of aliphatic hydroxyl groups excluding tert-OH is 1. The average molecular weight is 821 g/mol. The van der Waals surface area contributed by atoms with Crippen molar-refractivity contribution in [3.05, 3.63) is 34.9 Å². The number of hydrogen-bond acceptors (Lipinski definition) is 10. The number of fused-ring (bicyclic) bond motifs is 4. The SMILES string of the molecule is CC.CC.CC.CCC#N.CCN1Cc2c(c(OCC#N)nn2CCO)/C=C/c2nn(PI)c3cnc(cc23)-c2c(C)nn(C)c2O[C@H](C)C1. The van der Waals surface area contributed by atoms with E-state index < -0.39 is 0 Å². The first-order valence-corrected chi connectivity index (χ1v) is 21.3. The summed E-state index contributed by atoms with van der Waals surface area (Å²) in [4.78, 5) is 7.06. The number of ether oxygens (including phenoxy) is 2. The molecule has 15 heteroatoms. The maximum Gasteiger partial charge on any atom is 0.241 e. The molecule has 0 saturated carbocycles. The Morgan fingerprint density at radius 3 is 2.34 bits per heavy atom. The molecule has 2 bridgehead atoms. The third kappa shape index (κ3) is 11.2. The fraction of sp³-hybridized carbons (Fsp3) is 0.543. The molecule has 0 amide bonds. The summed E-state index contributed by atoms with van der Waals surface area (Å²) in [6, 6.07) is 6.00. The van der Waals surface area contributed by atoms with Gasteiger partial charge in [0, 0.05) is 31.9 Å². The molecule has 0 radical (unpaired) electrons. The van der Waals surface area contributed by atoms with E-state index in [0.29, 0.717) is 44.2 Å². The van der Waals surface area contributed by atoms with E-state index in [1.54, 1.807) is 9.36 Å². The Kier molecular flexibility index (Phi) is 21.1. The largest absolute Gasteiger partial charge is 0.473 e. The fourth-order valence-corrected chi connectivity index (χ4v) is 6.53. The van der Waals surface area contributed by atoms with Crippen LogP contribution in [-0.2, 0) is 20.1 Å². The van der Waals surface area contributed by atoms with Gasteiger partial charge in [0.1, 0.15) is 12.2 Å². The lowest BCUT2D eigenvalue weighted by atomic mass is 10.1. The summed E-state index contributed by atoms with van der Waals surface area (Å²) < 4.78 is 17.7. The fourth-order valence-electron chi connectivity index (χ4n) is 5.01. The lowest BCUT2D eigenvalue weighted by Crippen LogP contribution is -2.34. The van der Waals surface area contributed by atoms with Crippen molar-refractivity contribution < 1.29 is 14.6 Å². The van der Waals surface area contributed by atoms with Crippen molar-refractivity contribution in [1.82, 2.24) is 39.0 Å². The van der Waals surface area contributed by atoms with Gasteiger partial charge in [0.15, 0.2) is 6.61 Å². The monoisotopic (exact) mass is 820 g/mol. The van der Waals surface area contributed by atoms with Gasteiger partial charge in [0.05, 0.1) is 71.2 Å². The molecule has 1 aliphatic heterocycles. The highest BCUT2D eigenvalue weighted by molar-refractivity contribution is 14.2. The van der Waals surface area contributed by atoms with Crippen LogP contribution in [0, 0.1) is 29.6 Å². The minimum atomic E-state index is -0.164. The Bertz CT molecular complexity index is 1720. The molecular formula is C35H54IN10O3P. The molecule has 274 valence electrons. The topological polar surface area (TPSA) is 156 Å². The minimum absolute atomic E-state index is 0.0782. The highest BCUT2D eigenvalue weighted by Crippen LogP contribution is 2.37. The molecule has 1 aliphatic rings. The summed E-state index contributed by atoms with van der Waals surface area (Å²) in [5, 5.41) is 41.7. The van der Waals surface area contributed by atoms with E-state index in [9.17, 15) is 10.4 Å². The van der Waals surface area contributed by atoms with Crippen LogP contribution in [0.4, 0.5) is 0 Å². The van der Waals surface area contributed by atoms with Crippen LogP contribution in [0.1, 0.15) is 91.4 Å². The zero-order valence-electron chi connectivity index (χ0n) is 31.5. The number of likely N-dealkylation sites (N-methyl/N-ethyl adjacent to an activating group) is 1. The maximum absolute atomic E-state index is 9.78. The molecule has 0 saturated heterocycles. The highest BCUT2D eigenvalue weighted by atomic mass is 127. The second kappa shape index (κ2) is 23.8. The summed E-state index contributed by atoms with van der Waals surface area (Å²) in [6.07, 6.45) is 6.60. The number of pyridine rings is 1. The Morgan fingerprint density at radius 2 is 1.76 bits per heavy atom. The van der Waals surface area contributed by atoms with E-state index in [0.717, 1.165) is 51.4 Å². The number of hydrogen-bond donors (Lipinski definition) is 1. The van der Waals surface area contributed by atoms with Gasteiger partial charge < -0.3 is 14.6 Å². The van der Waals surface area contributed by atoms with E-state index in [4.69, 9.17) is 24.8 Å². The van der Waals surface area contributed by atoms with E-state index >= 15 is 0 Å². The summed E-state index contributed by atoms with van der Waals surface area (Å²) in [5.41, 5.74) is 5.79. The second-order valence-electron chi connectivity index (χ2n) is 10.0. The first-order valence-electron chi connectivity index (χ1n) is 17.2. The first kappa shape index (κ1) is 44.5. The molecule has 5 rings (SSSR count). The zero-order chi connectivity index (χ0) is 37.8. The molecule has 1 unspecified atom stereocenters. The number of aromatic nitrogens is 7. The highest BCUT2D eigenvalue weighted by Gasteiger charge is 2.25. The first-order chi connectivity index (χ1) is 24.3. The van der Waals surface area contributed by atoms with Crippen molar-refractivity contribution in [2.24, 2.45) is 7.05 Å². The Hall–Kier alpha value is -3.56. The molecule has 50 heavy (non-hydrogen) atoms. The van der Waals surface area contributed by atoms with Gasteiger partial charge in [-0.1, -0.05) is 55.4 Å². The van der Waals surface area contributed by atoms with Gasteiger partial charge in [0.2, 0.25) is 11.8 Å². The Balaban J connectivity index is 0.00000113. The third-order valence-corrected chi connectivity index (χ3v) is 8.84. The number of nitrogens with zero attached hydrogens (tertiary/aromatic N) is 10. The van der Waals surface area contributed by atoms with Crippen molar-refractivity contribution in [1.29, 1.82) is 10.5 Å². The predicted octanol–water partition coefficient (Wildman–Crippen LogP) is 7.79. The van der Waals surface area contributed by atoms with Crippen molar-refractivity contribution in [3.8, 4) is 35.2 Å². The van der Waals surface area contributed by atoms with Crippen LogP contribution in [0.25, 0.3) is 34.3 Å². The number of halogens is 1. The van der Waals surface area contributed by atoms with Gasteiger partial charge in [0.25, 0.3) is 0 Å². The number of nitriles is 2. The number of rotatable bonds is 6. The van der Waals surface area contributed by atoms with Gasteiger partial charge in [-0.2, -0.15) is 20.7 Å². The molecule has 0 aliphatic carbocycles. The third-order valence-electron chi connectivity index (χ3n) is 6.96. The zero-order valence-corrected chi connectivity index (χ0v) is 34.6. The number of aryl methyl sites for hydroxylation is 2. The van der Waals surface area contributed by atoms with Gasteiger partial charge >= 0.3 is 0 Å². The Morgan fingerprint density at radius 1 is 1.08 bits per heavy atom. The average Bonchev–Trinajstić information content (AvgIpc) is 3.76. The molecule has 13 nitrogen and oxygen atoms in total. The molecule has 4 aromatic rings. The van der Waals surface area contributed by atoms with Crippen LogP contribution >= 0.6 is 28.4 Å². The quantitative estimate of drug-likeness (QED) is 0.151. The van der Waals surface area contributed by atoms with E-state index in [1.165, 1.54) is 0 Å². The van der Waals surface area contributed by atoms with Gasteiger partial charge in [-0.05, 0) is 60.7 Å². The standard InChI is InChI=1S/C26H31IN9O3P.C3H5N.3C2H6/c1-5-34-14-16(2)39-26-24(17(3)30-33(26)4)21-12-19-20(31-36(40-27)22(19)13-29-21)7-6-18-23(15-34)35(9-10-37)32-25(18)38-11-8-28;1-2-3-4;3*1-2/h6-7,12-13,16,37,40H,5,9-11,14-15H2,1-4H3;2H2,1H3;3*1-2H3/b7-6+;;;;/t16-;;;;/m1..../s1. The molecule has 0 spiro atoms. The summed E-state index contributed by atoms with van der Waals surface area (Å²) in [6.45, 7) is 22.0. The van der Waals surface area contributed by atoms with E-state index in [2.05, 4.69) is 44.1 Å². The van der Waals surface area contributed by atoms with Gasteiger partial charge in [-0.3, -0.25) is 14.6 Å². The molecule has 4 aromatic heterocycles. The lowest BCUT2D eigenvalue weighted by molar-refractivity contribution is 0.133. The summed E-state index contributed by atoms with van der Waals surface area (Å²) in [5.74, 6) is 1.02. The van der Waals surface area contributed by atoms with Crippen LogP contribution in [0.3, 0.4) is 0 Å². The lowest BCUT2D eigenvalue weighted by Gasteiger charge is -2.25. The van der Waals surface area contributed by atoms with Crippen LogP contribution in [-0.4, -0.2) is 76.5 Å². The van der Waals surface area contributed by atoms with Crippen LogP contribution in [0.2, 0.25) is 0 Å². The molecule has 2 atom stereocenters. The van der Waals surface area contributed by atoms with Crippen molar-refractivity contribution in [3.63, 3.8) is 0 Å². The summed E-state index contributed by atoms with van der Waals surface area (Å²) >= 11 is 2.31. The normalized spacial score (nSPS) is 14.3. The molecular weight excluding hydrogens is 766 g/mol. The van der Waals surface area contributed by atoms with Crippen LogP contribution < -0.4 is 9.47 Å².